The number of carbonyl (C=O) groups is 1. The number of hydrogen-bond acceptors (Lipinski definition) is 5. The molecule has 0 saturated heterocycles. The van der Waals surface area contributed by atoms with E-state index in [2.05, 4.69) is 10.3 Å². The Morgan fingerprint density at radius 3 is 2.71 bits per heavy atom. The Labute approximate surface area is 181 Å². The molecule has 2 aromatic carbocycles. The molecule has 8 heteroatoms. The number of carbonyl (C=O) groups excluding carboxylic acids is 1. The van der Waals surface area contributed by atoms with Crippen molar-refractivity contribution >= 4 is 33.1 Å². The van der Waals surface area contributed by atoms with Gasteiger partial charge in [-0.3, -0.25) is 14.2 Å². The molecule has 0 radical (unpaired) electrons. The highest BCUT2D eigenvalue weighted by atomic mass is 32.1. The van der Waals surface area contributed by atoms with Gasteiger partial charge >= 0.3 is 0 Å². The molecule has 0 aliphatic carbocycles. The smallest absolute Gasteiger partial charge is 0.263 e. The molecule has 0 saturated carbocycles. The zero-order valence-corrected chi connectivity index (χ0v) is 17.8. The number of thiophene rings is 1. The van der Waals surface area contributed by atoms with E-state index < -0.39 is 6.04 Å². The van der Waals surface area contributed by atoms with E-state index in [1.165, 1.54) is 34.4 Å². The molecule has 31 heavy (non-hydrogen) atoms. The van der Waals surface area contributed by atoms with Crippen molar-refractivity contribution in [3.05, 3.63) is 76.4 Å². The molecule has 158 valence electrons. The molecule has 1 amide bonds. The van der Waals surface area contributed by atoms with Gasteiger partial charge in [-0.15, -0.1) is 11.3 Å². The molecule has 0 spiro atoms. The summed E-state index contributed by atoms with van der Waals surface area (Å²) in [6, 6.07) is 12.3. The van der Waals surface area contributed by atoms with E-state index in [1.54, 1.807) is 37.3 Å². The number of fused-ring (bicyclic) bond motifs is 1. The van der Waals surface area contributed by atoms with Crippen LogP contribution >= 0.6 is 11.3 Å². The number of rotatable bonds is 6. The summed E-state index contributed by atoms with van der Waals surface area (Å²) in [6.45, 7) is 3.96. The zero-order chi connectivity index (χ0) is 22.0. The van der Waals surface area contributed by atoms with E-state index in [9.17, 15) is 14.0 Å². The number of amides is 1. The van der Waals surface area contributed by atoms with E-state index in [1.807, 2.05) is 18.4 Å². The number of anilines is 1. The predicted molar refractivity (Wildman–Crippen MR) is 120 cm³/mol. The van der Waals surface area contributed by atoms with Gasteiger partial charge in [-0.2, -0.15) is 0 Å². The van der Waals surface area contributed by atoms with Crippen LogP contribution in [0.5, 0.6) is 5.75 Å². The van der Waals surface area contributed by atoms with Crippen LogP contribution in [-0.4, -0.2) is 22.1 Å². The van der Waals surface area contributed by atoms with Gasteiger partial charge in [0.15, 0.2) is 0 Å². The van der Waals surface area contributed by atoms with Gasteiger partial charge in [-0.25, -0.2) is 9.37 Å². The number of nitrogens with one attached hydrogen (secondary N) is 1. The number of ether oxygens (including phenoxy) is 1. The fourth-order valence-corrected chi connectivity index (χ4v) is 4.18. The maximum Gasteiger partial charge on any atom is 0.263 e. The van der Waals surface area contributed by atoms with Crippen LogP contribution in [0, 0.1) is 5.82 Å². The molecule has 6 nitrogen and oxygen atoms in total. The monoisotopic (exact) mass is 437 g/mol. The van der Waals surface area contributed by atoms with Crippen LogP contribution in [0.4, 0.5) is 10.1 Å². The molecular formula is C23H20FN3O3S. The highest BCUT2D eigenvalue weighted by Crippen LogP contribution is 2.31. The maximum atomic E-state index is 13.3. The average Bonchev–Trinajstić information content (AvgIpc) is 3.21. The molecule has 4 aromatic rings. The van der Waals surface area contributed by atoms with Crippen molar-refractivity contribution in [2.75, 3.05) is 11.9 Å². The van der Waals surface area contributed by atoms with Crippen molar-refractivity contribution in [3.63, 3.8) is 0 Å². The first-order chi connectivity index (χ1) is 15.0. The van der Waals surface area contributed by atoms with Gasteiger partial charge in [0.1, 0.15) is 22.4 Å². The van der Waals surface area contributed by atoms with Gasteiger partial charge in [-0.05, 0) is 43.7 Å². The third kappa shape index (κ3) is 4.06. The third-order valence-corrected chi connectivity index (χ3v) is 5.80. The second-order valence-corrected chi connectivity index (χ2v) is 7.75. The Kier molecular flexibility index (Phi) is 5.81. The van der Waals surface area contributed by atoms with Crippen LogP contribution < -0.4 is 15.6 Å². The van der Waals surface area contributed by atoms with Crippen LogP contribution in [0.25, 0.3) is 21.3 Å². The molecule has 0 fully saturated rings. The summed E-state index contributed by atoms with van der Waals surface area (Å²) in [5.74, 6) is -0.159. The van der Waals surface area contributed by atoms with Crippen molar-refractivity contribution in [2.24, 2.45) is 0 Å². The number of hydrogen-bond donors (Lipinski definition) is 1. The standard InChI is InChI=1S/C23H20FN3O3S/c1-3-30-19-7-5-4-6-18(19)26-21(28)14(2)27-13-25-22-20(23(27)29)17(12-31-22)15-8-10-16(24)11-9-15/h4-14H,3H2,1-2H3,(H,26,28). The van der Waals surface area contributed by atoms with Crippen molar-refractivity contribution in [2.45, 2.75) is 19.9 Å². The molecule has 2 aromatic heterocycles. The second-order valence-electron chi connectivity index (χ2n) is 6.89. The lowest BCUT2D eigenvalue weighted by atomic mass is 10.1. The molecule has 4 rings (SSSR count). The molecular weight excluding hydrogens is 417 g/mol. The van der Waals surface area contributed by atoms with Gasteiger partial charge in [0.05, 0.1) is 24.0 Å². The van der Waals surface area contributed by atoms with Gasteiger partial charge < -0.3 is 10.1 Å². The summed E-state index contributed by atoms with van der Waals surface area (Å²) < 4.78 is 20.2. The number of para-hydroxylation sites is 2. The Hall–Kier alpha value is -3.52. The van der Waals surface area contributed by atoms with Crippen LogP contribution in [0.3, 0.4) is 0 Å². The second kappa shape index (κ2) is 8.69. The van der Waals surface area contributed by atoms with Crippen molar-refractivity contribution in [1.82, 2.24) is 9.55 Å². The van der Waals surface area contributed by atoms with E-state index in [0.717, 1.165) is 0 Å². The average molecular weight is 437 g/mol. The van der Waals surface area contributed by atoms with Gasteiger partial charge in [0.2, 0.25) is 5.91 Å². The first-order valence-corrected chi connectivity index (χ1v) is 10.6. The number of benzene rings is 2. The highest BCUT2D eigenvalue weighted by molar-refractivity contribution is 7.17. The summed E-state index contributed by atoms with van der Waals surface area (Å²) in [6.07, 6.45) is 1.38. The first kappa shape index (κ1) is 20.7. The van der Waals surface area contributed by atoms with Crippen LogP contribution in [-0.2, 0) is 4.79 Å². The van der Waals surface area contributed by atoms with E-state index in [4.69, 9.17) is 4.74 Å². The minimum atomic E-state index is -0.806. The lowest BCUT2D eigenvalue weighted by molar-refractivity contribution is -0.118. The zero-order valence-electron chi connectivity index (χ0n) is 17.0. The fourth-order valence-electron chi connectivity index (χ4n) is 3.28. The first-order valence-electron chi connectivity index (χ1n) is 9.76. The topological polar surface area (TPSA) is 73.2 Å². The lowest BCUT2D eigenvalue weighted by Gasteiger charge is -2.17. The van der Waals surface area contributed by atoms with Gasteiger partial charge in [0.25, 0.3) is 5.56 Å². The summed E-state index contributed by atoms with van der Waals surface area (Å²) in [7, 11) is 0. The fraction of sp³-hybridized carbons (Fsp3) is 0.174. The van der Waals surface area contributed by atoms with Crippen LogP contribution in [0.15, 0.2) is 65.0 Å². The highest BCUT2D eigenvalue weighted by Gasteiger charge is 2.21. The minimum absolute atomic E-state index is 0.327. The number of nitrogens with zero attached hydrogens (tertiary/aromatic N) is 2. The number of aromatic nitrogens is 2. The summed E-state index contributed by atoms with van der Waals surface area (Å²) in [5.41, 5.74) is 1.59. The molecule has 1 N–H and O–H groups in total. The molecule has 0 aliphatic rings. The Morgan fingerprint density at radius 2 is 1.97 bits per heavy atom. The van der Waals surface area contributed by atoms with Crippen molar-refractivity contribution in [3.8, 4) is 16.9 Å². The summed E-state index contributed by atoms with van der Waals surface area (Å²) in [5, 5.41) is 5.05. The quantitative estimate of drug-likeness (QED) is 0.467. The van der Waals surface area contributed by atoms with Gasteiger partial charge in [-0.1, -0.05) is 24.3 Å². The van der Waals surface area contributed by atoms with E-state index in [0.29, 0.717) is 39.4 Å². The molecule has 0 bridgehead atoms. The SMILES string of the molecule is CCOc1ccccc1NC(=O)C(C)n1cnc2scc(-c3ccc(F)cc3)c2c1=O. The van der Waals surface area contributed by atoms with Crippen molar-refractivity contribution in [1.29, 1.82) is 0 Å². The Balaban J connectivity index is 1.69. The molecule has 2 heterocycles. The van der Waals surface area contributed by atoms with E-state index >= 15 is 0 Å². The molecule has 1 atom stereocenters. The number of halogens is 1. The molecule has 0 aliphatic heterocycles. The Bertz CT molecular complexity index is 1300. The largest absolute Gasteiger partial charge is 0.492 e. The lowest BCUT2D eigenvalue weighted by Crippen LogP contribution is -2.31. The van der Waals surface area contributed by atoms with Crippen LogP contribution in [0.1, 0.15) is 19.9 Å². The maximum absolute atomic E-state index is 13.3. The Morgan fingerprint density at radius 1 is 1.23 bits per heavy atom. The summed E-state index contributed by atoms with van der Waals surface area (Å²) >= 11 is 1.33. The van der Waals surface area contributed by atoms with Gasteiger partial charge in [0, 0.05) is 10.9 Å². The minimum Gasteiger partial charge on any atom is -0.492 e. The summed E-state index contributed by atoms with van der Waals surface area (Å²) in [4.78, 5) is 31.1. The van der Waals surface area contributed by atoms with E-state index in [-0.39, 0.29) is 17.3 Å². The van der Waals surface area contributed by atoms with Crippen molar-refractivity contribution < 1.29 is 13.9 Å². The normalized spacial score (nSPS) is 12.0. The third-order valence-electron chi connectivity index (χ3n) is 4.92. The van der Waals surface area contributed by atoms with Crippen LogP contribution in [0.2, 0.25) is 0 Å². The predicted octanol–water partition coefficient (Wildman–Crippen LogP) is 4.86. The molecule has 1 unspecified atom stereocenters.